The summed E-state index contributed by atoms with van der Waals surface area (Å²) < 4.78 is 51.3. The Hall–Kier alpha value is -2.70. The summed E-state index contributed by atoms with van der Waals surface area (Å²) in [5, 5.41) is 14.4. The van der Waals surface area contributed by atoms with Crippen molar-refractivity contribution in [1.29, 1.82) is 0 Å². The minimum absolute atomic E-state index is 0.00446. The summed E-state index contributed by atoms with van der Waals surface area (Å²) in [6, 6.07) is 14.9. The molecule has 2 aromatic rings. The average Bonchev–Trinajstić information content (AvgIpc) is 3.55. The fraction of sp³-hybridized carbons (Fsp3) is 0.581. The van der Waals surface area contributed by atoms with Crippen LogP contribution >= 0.6 is 0 Å². The molecule has 0 aromatic heterocycles. The number of sulfonamides is 1. The number of nitrogens with zero attached hydrogens (tertiary/aromatic N) is 1. The number of carbonyl (C=O) groups excluding carboxylic acids is 1. The van der Waals surface area contributed by atoms with Gasteiger partial charge in [0.2, 0.25) is 10.0 Å². The van der Waals surface area contributed by atoms with Crippen molar-refractivity contribution in [2.45, 2.75) is 62.5 Å². The van der Waals surface area contributed by atoms with Crippen LogP contribution < -0.4 is 10.1 Å². The molecular formula is C31H42N2O8S. The van der Waals surface area contributed by atoms with Gasteiger partial charge in [-0.2, -0.15) is 4.31 Å². The van der Waals surface area contributed by atoms with Crippen molar-refractivity contribution in [3.63, 3.8) is 0 Å². The van der Waals surface area contributed by atoms with Gasteiger partial charge in [-0.25, -0.2) is 13.2 Å². The molecule has 11 heteroatoms. The Labute approximate surface area is 248 Å². The number of alkyl carbamates (subject to hydrolysis) is 1. The highest BCUT2D eigenvalue weighted by atomic mass is 32.2. The zero-order valence-electron chi connectivity index (χ0n) is 24.4. The minimum Gasteiger partial charge on any atom is -0.497 e. The van der Waals surface area contributed by atoms with Crippen LogP contribution in [0.2, 0.25) is 0 Å². The summed E-state index contributed by atoms with van der Waals surface area (Å²) in [6.45, 7) is 5.02. The van der Waals surface area contributed by atoms with Gasteiger partial charge < -0.3 is 29.4 Å². The second kappa shape index (κ2) is 13.3. The quantitative estimate of drug-likeness (QED) is 0.379. The third kappa shape index (κ3) is 6.92. The molecule has 3 aliphatic rings. The van der Waals surface area contributed by atoms with Crippen LogP contribution in [0.1, 0.15) is 32.3 Å². The molecule has 1 aliphatic carbocycles. The van der Waals surface area contributed by atoms with Crippen molar-refractivity contribution in [2.75, 3.05) is 33.4 Å². The summed E-state index contributed by atoms with van der Waals surface area (Å²) in [7, 11) is -2.42. The first kappa shape index (κ1) is 30.7. The lowest BCUT2D eigenvalue weighted by atomic mass is 9.87. The van der Waals surface area contributed by atoms with E-state index in [1.165, 1.54) is 23.5 Å². The van der Waals surface area contributed by atoms with Crippen molar-refractivity contribution >= 4 is 16.1 Å². The molecule has 1 saturated carbocycles. The molecule has 0 radical (unpaired) electrons. The second-order valence-electron chi connectivity index (χ2n) is 11.9. The average molecular weight is 603 g/mol. The topological polar surface area (TPSA) is 124 Å². The lowest BCUT2D eigenvalue weighted by molar-refractivity contribution is -0.173. The highest BCUT2D eigenvalue weighted by molar-refractivity contribution is 7.89. The number of nitrogens with one attached hydrogen (secondary N) is 1. The SMILES string of the molecule is COc1ccc(S(=O)(=O)N(CC(C)C)C[C@@H](O)[C@H](Cc2ccccc2)NC(=O)O[C@@H]2C[C@@H]3CO[C@@H]4OCC[C@H]2C34)cc1. The Morgan fingerprint density at radius 1 is 1.10 bits per heavy atom. The molecule has 2 aliphatic heterocycles. The number of rotatable bonds is 12. The number of methoxy groups -OCH3 is 1. The van der Waals surface area contributed by atoms with Gasteiger partial charge in [0.05, 0.1) is 37.4 Å². The van der Waals surface area contributed by atoms with Gasteiger partial charge in [0.25, 0.3) is 0 Å². The molecule has 42 heavy (non-hydrogen) atoms. The zero-order chi connectivity index (χ0) is 29.9. The van der Waals surface area contributed by atoms with Gasteiger partial charge in [-0.3, -0.25) is 0 Å². The maximum Gasteiger partial charge on any atom is 0.407 e. The molecule has 0 bridgehead atoms. The Morgan fingerprint density at radius 3 is 2.52 bits per heavy atom. The number of aliphatic hydroxyl groups excluding tert-OH is 1. The molecule has 2 aromatic carbocycles. The molecule has 230 valence electrons. The van der Waals surface area contributed by atoms with Gasteiger partial charge in [-0.1, -0.05) is 44.2 Å². The Morgan fingerprint density at radius 2 is 1.83 bits per heavy atom. The molecule has 0 spiro atoms. The predicted molar refractivity (Wildman–Crippen MR) is 155 cm³/mol. The van der Waals surface area contributed by atoms with Gasteiger partial charge >= 0.3 is 6.09 Å². The molecular weight excluding hydrogens is 560 g/mol. The van der Waals surface area contributed by atoms with Gasteiger partial charge in [-0.15, -0.1) is 0 Å². The summed E-state index contributed by atoms with van der Waals surface area (Å²) in [4.78, 5) is 13.4. The van der Waals surface area contributed by atoms with Crippen molar-refractivity contribution in [2.24, 2.45) is 23.7 Å². The first-order valence-corrected chi connectivity index (χ1v) is 16.2. The minimum atomic E-state index is -3.94. The van der Waals surface area contributed by atoms with Crippen molar-refractivity contribution in [1.82, 2.24) is 9.62 Å². The Kier molecular flexibility index (Phi) is 9.74. The van der Waals surface area contributed by atoms with Gasteiger partial charge in [0.1, 0.15) is 11.9 Å². The monoisotopic (exact) mass is 602 g/mol. The van der Waals surface area contributed by atoms with E-state index in [4.69, 9.17) is 18.9 Å². The molecule has 2 heterocycles. The van der Waals surface area contributed by atoms with E-state index in [0.717, 1.165) is 18.4 Å². The van der Waals surface area contributed by atoms with E-state index in [9.17, 15) is 18.3 Å². The van der Waals surface area contributed by atoms with Gasteiger partial charge in [0.15, 0.2) is 6.29 Å². The summed E-state index contributed by atoms with van der Waals surface area (Å²) in [6.07, 6.45) is -0.460. The van der Waals surface area contributed by atoms with Crippen molar-refractivity contribution in [3.8, 4) is 5.75 Å². The number of hydrogen-bond donors (Lipinski definition) is 2. The van der Waals surface area contributed by atoms with Gasteiger partial charge in [-0.05, 0) is 60.9 Å². The first-order valence-electron chi connectivity index (χ1n) is 14.7. The normalized spacial score (nSPS) is 26.6. The lowest BCUT2D eigenvalue weighted by Crippen LogP contribution is -2.51. The summed E-state index contributed by atoms with van der Waals surface area (Å²) in [5.41, 5.74) is 0.898. The molecule has 1 unspecified atom stereocenters. The molecule has 5 rings (SSSR count). The first-order chi connectivity index (χ1) is 20.2. The van der Waals surface area contributed by atoms with E-state index in [-0.39, 0.29) is 48.1 Å². The standard InChI is InChI=1S/C31H42N2O8S/c1-20(2)17-33(42(36,37)24-11-9-23(38-3)10-12-24)18-27(34)26(15-21-7-5-4-6-8-21)32-31(35)41-28-16-22-19-40-30-29(22)25(28)13-14-39-30/h4-12,20,22,25-30,34H,13-19H2,1-3H3,(H,32,35)/t22-,25-,26+,27-,28-,29?,30+/m1/s1. The van der Waals surface area contributed by atoms with Gasteiger partial charge in [0, 0.05) is 24.9 Å². The van der Waals surface area contributed by atoms with E-state index in [2.05, 4.69) is 5.32 Å². The van der Waals surface area contributed by atoms with Crippen LogP contribution in [-0.4, -0.2) is 81.9 Å². The number of hydrogen-bond acceptors (Lipinski definition) is 8. The maximum atomic E-state index is 13.7. The maximum absolute atomic E-state index is 13.7. The number of carbonyl (C=O) groups is 1. The number of amides is 1. The fourth-order valence-electron chi connectivity index (χ4n) is 6.54. The lowest BCUT2D eigenvalue weighted by Gasteiger charge is -2.33. The molecule has 7 atom stereocenters. The summed E-state index contributed by atoms with van der Waals surface area (Å²) in [5.74, 6) is 1.26. The fourth-order valence-corrected chi connectivity index (χ4v) is 8.16. The highest BCUT2D eigenvalue weighted by Gasteiger charge is 2.55. The van der Waals surface area contributed by atoms with Crippen LogP contribution in [-0.2, 0) is 30.7 Å². The van der Waals surface area contributed by atoms with E-state index in [0.29, 0.717) is 31.3 Å². The van der Waals surface area contributed by atoms with Crippen LogP contribution in [0.25, 0.3) is 0 Å². The highest BCUT2D eigenvalue weighted by Crippen LogP contribution is 2.50. The van der Waals surface area contributed by atoms with E-state index in [1.807, 2.05) is 44.2 Å². The van der Waals surface area contributed by atoms with Crippen molar-refractivity contribution < 1.29 is 37.3 Å². The smallest absolute Gasteiger partial charge is 0.407 e. The third-order valence-electron chi connectivity index (χ3n) is 8.55. The predicted octanol–water partition coefficient (Wildman–Crippen LogP) is 3.44. The molecule has 2 saturated heterocycles. The molecule has 2 N–H and O–H groups in total. The van der Waals surface area contributed by atoms with E-state index in [1.54, 1.807) is 12.1 Å². The van der Waals surface area contributed by atoms with Crippen LogP contribution in [0.5, 0.6) is 5.75 Å². The van der Waals surface area contributed by atoms with Crippen LogP contribution in [0.3, 0.4) is 0 Å². The van der Waals surface area contributed by atoms with Crippen LogP contribution in [0, 0.1) is 23.7 Å². The zero-order valence-corrected chi connectivity index (χ0v) is 25.2. The van der Waals surface area contributed by atoms with Crippen LogP contribution in [0.4, 0.5) is 4.79 Å². The second-order valence-corrected chi connectivity index (χ2v) is 13.9. The number of benzene rings is 2. The number of ether oxygens (including phenoxy) is 4. The number of aliphatic hydroxyl groups is 1. The largest absolute Gasteiger partial charge is 0.497 e. The molecule has 10 nitrogen and oxygen atoms in total. The van der Waals surface area contributed by atoms with Crippen molar-refractivity contribution in [3.05, 3.63) is 60.2 Å². The van der Waals surface area contributed by atoms with E-state index < -0.39 is 28.3 Å². The third-order valence-corrected chi connectivity index (χ3v) is 10.4. The van der Waals surface area contributed by atoms with Crippen LogP contribution in [0.15, 0.2) is 59.5 Å². The summed E-state index contributed by atoms with van der Waals surface area (Å²) >= 11 is 0. The Balaban J connectivity index is 1.31. The molecule has 1 amide bonds. The molecule has 3 fully saturated rings. The Bertz CT molecular complexity index is 1290. The van der Waals surface area contributed by atoms with E-state index >= 15 is 0 Å².